The van der Waals surface area contributed by atoms with Crippen LogP contribution in [-0.4, -0.2) is 27.4 Å². The fourth-order valence-corrected chi connectivity index (χ4v) is 2.67. The number of hydrogen-bond donors (Lipinski definition) is 1. The van der Waals surface area contributed by atoms with Gasteiger partial charge in [-0.3, -0.25) is 0 Å². The molecule has 1 saturated heterocycles. The van der Waals surface area contributed by atoms with Gasteiger partial charge in [0.1, 0.15) is 5.75 Å². The van der Waals surface area contributed by atoms with Crippen LogP contribution in [0.25, 0.3) is 0 Å². The van der Waals surface area contributed by atoms with Crippen molar-refractivity contribution in [2.45, 2.75) is 5.41 Å². The standard InChI is InChI=1S/C17H19NO2/c1-18-15-7-3-13(4-8-15)17(11-20-12-17)14-5-9-16(19-2)10-6-14/h3-10,18H,11-12H2,1-2H3. The Bertz CT molecular complexity index is 521. The maximum absolute atomic E-state index is 5.51. The summed E-state index contributed by atoms with van der Waals surface area (Å²) in [4.78, 5) is 0. The Kier molecular flexibility index (Phi) is 3.36. The molecule has 0 unspecified atom stereocenters. The van der Waals surface area contributed by atoms with Crippen LogP contribution in [0.5, 0.6) is 5.75 Å². The average Bonchev–Trinajstić information content (AvgIpc) is 2.47. The molecular weight excluding hydrogens is 250 g/mol. The largest absolute Gasteiger partial charge is 0.497 e. The first-order valence-electron chi connectivity index (χ1n) is 6.79. The molecule has 0 spiro atoms. The molecule has 3 nitrogen and oxygen atoms in total. The van der Waals surface area contributed by atoms with E-state index in [2.05, 4.69) is 41.7 Å². The van der Waals surface area contributed by atoms with Crippen LogP contribution in [0, 0.1) is 0 Å². The summed E-state index contributed by atoms with van der Waals surface area (Å²) in [5, 5.41) is 3.15. The summed E-state index contributed by atoms with van der Waals surface area (Å²) in [7, 11) is 3.62. The van der Waals surface area contributed by atoms with Gasteiger partial charge in [0.05, 0.1) is 25.7 Å². The summed E-state index contributed by atoms with van der Waals surface area (Å²) in [6, 6.07) is 16.9. The molecule has 2 aromatic carbocycles. The average molecular weight is 269 g/mol. The molecule has 3 heteroatoms. The molecule has 1 aliphatic rings. The molecular formula is C17H19NO2. The maximum atomic E-state index is 5.51. The van der Waals surface area contributed by atoms with Gasteiger partial charge in [0.15, 0.2) is 0 Å². The summed E-state index contributed by atoms with van der Waals surface area (Å²) in [5.74, 6) is 0.884. The van der Waals surface area contributed by atoms with Crippen molar-refractivity contribution in [2.75, 3.05) is 32.7 Å². The number of ether oxygens (including phenoxy) is 2. The smallest absolute Gasteiger partial charge is 0.118 e. The second-order valence-corrected chi connectivity index (χ2v) is 5.13. The third-order valence-electron chi connectivity index (χ3n) is 4.07. The minimum absolute atomic E-state index is 0.0153. The molecule has 0 aromatic heterocycles. The van der Waals surface area contributed by atoms with Crippen molar-refractivity contribution in [1.29, 1.82) is 0 Å². The summed E-state index contributed by atoms with van der Waals surface area (Å²) in [6.07, 6.45) is 0. The zero-order chi connectivity index (χ0) is 14.0. The van der Waals surface area contributed by atoms with Gasteiger partial charge in [0, 0.05) is 12.7 Å². The molecule has 0 atom stereocenters. The number of benzene rings is 2. The van der Waals surface area contributed by atoms with Crippen LogP contribution < -0.4 is 10.1 Å². The molecule has 3 rings (SSSR count). The molecule has 20 heavy (non-hydrogen) atoms. The van der Waals surface area contributed by atoms with Crippen molar-refractivity contribution in [1.82, 2.24) is 0 Å². The molecule has 0 radical (unpaired) electrons. The lowest BCUT2D eigenvalue weighted by Crippen LogP contribution is -2.47. The van der Waals surface area contributed by atoms with E-state index in [1.807, 2.05) is 19.2 Å². The van der Waals surface area contributed by atoms with E-state index in [4.69, 9.17) is 9.47 Å². The Morgan fingerprint density at radius 2 is 1.50 bits per heavy atom. The molecule has 1 aliphatic heterocycles. The van der Waals surface area contributed by atoms with E-state index >= 15 is 0 Å². The van der Waals surface area contributed by atoms with E-state index in [0.29, 0.717) is 0 Å². The summed E-state index contributed by atoms with van der Waals surface area (Å²) in [5.41, 5.74) is 3.69. The topological polar surface area (TPSA) is 30.5 Å². The maximum Gasteiger partial charge on any atom is 0.118 e. The third-order valence-corrected chi connectivity index (χ3v) is 4.07. The van der Waals surface area contributed by atoms with Gasteiger partial charge in [-0.2, -0.15) is 0 Å². The van der Waals surface area contributed by atoms with Crippen molar-refractivity contribution < 1.29 is 9.47 Å². The summed E-state index contributed by atoms with van der Waals surface area (Å²) in [6.45, 7) is 1.47. The zero-order valence-corrected chi connectivity index (χ0v) is 11.8. The Balaban J connectivity index is 1.96. The number of methoxy groups -OCH3 is 1. The lowest BCUT2D eigenvalue weighted by molar-refractivity contribution is -0.0380. The highest BCUT2D eigenvalue weighted by atomic mass is 16.5. The van der Waals surface area contributed by atoms with Crippen molar-refractivity contribution in [3.8, 4) is 5.75 Å². The molecule has 0 amide bonds. The number of rotatable bonds is 4. The second-order valence-electron chi connectivity index (χ2n) is 5.13. The van der Waals surface area contributed by atoms with Gasteiger partial charge in [-0.1, -0.05) is 24.3 Å². The Labute approximate surface area is 119 Å². The van der Waals surface area contributed by atoms with Gasteiger partial charge in [0.2, 0.25) is 0 Å². The van der Waals surface area contributed by atoms with Crippen LogP contribution in [-0.2, 0) is 10.2 Å². The van der Waals surface area contributed by atoms with E-state index in [9.17, 15) is 0 Å². The van der Waals surface area contributed by atoms with Gasteiger partial charge < -0.3 is 14.8 Å². The quantitative estimate of drug-likeness (QED) is 0.925. The monoisotopic (exact) mass is 269 g/mol. The first-order chi connectivity index (χ1) is 9.78. The van der Waals surface area contributed by atoms with Crippen LogP contribution in [0.15, 0.2) is 48.5 Å². The van der Waals surface area contributed by atoms with Crippen molar-refractivity contribution in [2.24, 2.45) is 0 Å². The van der Waals surface area contributed by atoms with Gasteiger partial charge >= 0.3 is 0 Å². The van der Waals surface area contributed by atoms with E-state index in [-0.39, 0.29) is 5.41 Å². The Morgan fingerprint density at radius 1 is 0.950 bits per heavy atom. The predicted molar refractivity (Wildman–Crippen MR) is 80.6 cm³/mol. The van der Waals surface area contributed by atoms with Gasteiger partial charge in [-0.15, -0.1) is 0 Å². The van der Waals surface area contributed by atoms with E-state index < -0.39 is 0 Å². The number of nitrogens with one attached hydrogen (secondary N) is 1. The molecule has 0 aliphatic carbocycles. The third kappa shape index (κ3) is 2.04. The predicted octanol–water partition coefficient (Wildman–Crippen LogP) is 3.05. The van der Waals surface area contributed by atoms with Crippen LogP contribution in [0.3, 0.4) is 0 Å². The fourth-order valence-electron chi connectivity index (χ4n) is 2.67. The molecule has 104 valence electrons. The number of anilines is 1. The Morgan fingerprint density at radius 3 is 1.90 bits per heavy atom. The van der Waals surface area contributed by atoms with Crippen LogP contribution >= 0.6 is 0 Å². The highest BCUT2D eigenvalue weighted by Crippen LogP contribution is 2.40. The van der Waals surface area contributed by atoms with Crippen LogP contribution in [0.2, 0.25) is 0 Å². The first kappa shape index (κ1) is 13.0. The van der Waals surface area contributed by atoms with Crippen LogP contribution in [0.1, 0.15) is 11.1 Å². The molecule has 1 fully saturated rings. The van der Waals surface area contributed by atoms with E-state index in [1.54, 1.807) is 7.11 Å². The fraction of sp³-hybridized carbons (Fsp3) is 0.294. The zero-order valence-electron chi connectivity index (χ0n) is 11.8. The lowest BCUT2D eigenvalue weighted by atomic mass is 9.73. The number of hydrogen-bond acceptors (Lipinski definition) is 3. The summed E-state index contributed by atoms with van der Waals surface area (Å²) < 4.78 is 10.7. The first-order valence-corrected chi connectivity index (χ1v) is 6.79. The second kappa shape index (κ2) is 5.17. The van der Waals surface area contributed by atoms with Crippen molar-refractivity contribution in [3.05, 3.63) is 59.7 Å². The van der Waals surface area contributed by atoms with Crippen molar-refractivity contribution in [3.63, 3.8) is 0 Å². The van der Waals surface area contributed by atoms with E-state index in [1.165, 1.54) is 11.1 Å². The molecule has 2 aromatic rings. The van der Waals surface area contributed by atoms with Crippen molar-refractivity contribution >= 4 is 5.69 Å². The SMILES string of the molecule is CNc1ccc(C2(c3ccc(OC)cc3)COC2)cc1. The normalized spacial score (nSPS) is 16.3. The van der Waals surface area contributed by atoms with Crippen LogP contribution in [0.4, 0.5) is 5.69 Å². The highest BCUT2D eigenvalue weighted by Gasteiger charge is 2.41. The highest BCUT2D eigenvalue weighted by molar-refractivity contribution is 5.50. The van der Waals surface area contributed by atoms with E-state index in [0.717, 1.165) is 24.7 Å². The minimum atomic E-state index is -0.0153. The molecule has 0 bridgehead atoms. The molecule has 1 N–H and O–H groups in total. The summed E-state index contributed by atoms with van der Waals surface area (Å²) >= 11 is 0. The molecule has 1 heterocycles. The minimum Gasteiger partial charge on any atom is -0.497 e. The Hall–Kier alpha value is -2.00. The van der Waals surface area contributed by atoms with Gasteiger partial charge in [0.25, 0.3) is 0 Å². The van der Waals surface area contributed by atoms with Gasteiger partial charge in [-0.25, -0.2) is 0 Å². The van der Waals surface area contributed by atoms with Gasteiger partial charge in [-0.05, 0) is 35.4 Å². The molecule has 0 saturated carbocycles. The lowest BCUT2D eigenvalue weighted by Gasteiger charge is -2.42.